The van der Waals surface area contributed by atoms with Crippen LogP contribution in [0, 0.1) is 0 Å². The summed E-state index contributed by atoms with van der Waals surface area (Å²) >= 11 is 0. The van der Waals surface area contributed by atoms with Gasteiger partial charge in [-0.15, -0.1) is 0 Å². The van der Waals surface area contributed by atoms with Crippen LogP contribution in [-0.4, -0.2) is 5.11 Å². The molecule has 0 amide bonds. The van der Waals surface area contributed by atoms with Gasteiger partial charge in [0.05, 0.1) is 0 Å². The van der Waals surface area contributed by atoms with Crippen LogP contribution in [0.25, 0.3) is 0 Å². The summed E-state index contributed by atoms with van der Waals surface area (Å²) in [6, 6.07) is 5.79. The van der Waals surface area contributed by atoms with E-state index in [9.17, 15) is 5.11 Å². The molecule has 82 valence electrons. The van der Waals surface area contributed by atoms with E-state index in [0.29, 0.717) is 5.75 Å². The Hall–Kier alpha value is -1.02. The molecular weight excluding hydrogens is 186 g/mol. The van der Waals surface area contributed by atoms with Crippen LogP contribution >= 0.6 is 0 Å². The average Bonchev–Trinajstić information content (AvgIpc) is 2.65. The van der Waals surface area contributed by atoms with Gasteiger partial charge in [0.2, 0.25) is 0 Å². The van der Waals surface area contributed by atoms with Gasteiger partial charge < -0.3 is 10.8 Å². The van der Waals surface area contributed by atoms with E-state index in [-0.39, 0.29) is 5.54 Å². The van der Waals surface area contributed by atoms with E-state index in [1.54, 1.807) is 0 Å². The van der Waals surface area contributed by atoms with Crippen LogP contribution in [0.5, 0.6) is 5.75 Å². The van der Waals surface area contributed by atoms with Crippen molar-refractivity contribution in [1.82, 2.24) is 0 Å². The van der Waals surface area contributed by atoms with Gasteiger partial charge in [-0.05, 0) is 42.5 Å². The molecule has 1 aromatic rings. The lowest BCUT2D eigenvalue weighted by molar-refractivity contribution is 0.445. The Kier molecular flexibility index (Phi) is 2.70. The van der Waals surface area contributed by atoms with Crippen molar-refractivity contribution in [2.24, 2.45) is 5.73 Å². The third-order valence-corrected chi connectivity index (χ3v) is 3.46. The number of benzene rings is 1. The molecule has 0 bridgehead atoms. The minimum absolute atomic E-state index is 0.192. The quantitative estimate of drug-likeness (QED) is 0.779. The highest BCUT2D eigenvalue weighted by molar-refractivity contribution is 5.37. The third-order valence-electron chi connectivity index (χ3n) is 3.46. The Morgan fingerprint density at radius 3 is 2.53 bits per heavy atom. The summed E-state index contributed by atoms with van der Waals surface area (Å²) in [7, 11) is 0. The second-order valence-electron chi connectivity index (χ2n) is 4.60. The number of hydrogen-bond acceptors (Lipinski definition) is 2. The fourth-order valence-corrected chi connectivity index (χ4v) is 2.46. The summed E-state index contributed by atoms with van der Waals surface area (Å²) in [5.74, 6) is 0.348. The standard InChI is InChI=1S/C13H19NO/c1-2-10-7-11(9-12(15)8-10)13(14)5-3-4-6-13/h7-9,15H,2-6,14H2,1H3. The van der Waals surface area contributed by atoms with Gasteiger partial charge in [-0.2, -0.15) is 0 Å². The van der Waals surface area contributed by atoms with Crippen molar-refractivity contribution in [2.45, 2.75) is 44.6 Å². The fraction of sp³-hybridized carbons (Fsp3) is 0.538. The SMILES string of the molecule is CCc1cc(O)cc(C2(N)CCCC2)c1. The molecule has 1 saturated carbocycles. The molecule has 2 rings (SSSR count). The number of phenolic OH excluding ortho intramolecular Hbond substituents is 1. The molecule has 0 saturated heterocycles. The summed E-state index contributed by atoms with van der Waals surface area (Å²) < 4.78 is 0. The van der Waals surface area contributed by atoms with Crippen molar-refractivity contribution in [3.8, 4) is 5.75 Å². The summed E-state index contributed by atoms with van der Waals surface area (Å²) in [4.78, 5) is 0. The zero-order valence-electron chi connectivity index (χ0n) is 9.29. The highest BCUT2D eigenvalue weighted by atomic mass is 16.3. The number of phenols is 1. The number of aromatic hydroxyl groups is 1. The van der Waals surface area contributed by atoms with Gasteiger partial charge in [0, 0.05) is 5.54 Å². The predicted octanol–water partition coefficient (Wildman–Crippen LogP) is 2.68. The van der Waals surface area contributed by atoms with Gasteiger partial charge >= 0.3 is 0 Å². The first-order valence-corrected chi connectivity index (χ1v) is 5.76. The number of aryl methyl sites for hydroxylation is 1. The lowest BCUT2D eigenvalue weighted by Crippen LogP contribution is -2.33. The van der Waals surface area contributed by atoms with Crippen LogP contribution in [0.4, 0.5) is 0 Å². The van der Waals surface area contributed by atoms with Gasteiger partial charge in [-0.3, -0.25) is 0 Å². The average molecular weight is 205 g/mol. The first-order valence-electron chi connectivity index (χ1n) is 5.76. The molecule has 0 atom stereocenters. The lowest BCUT2D eigenvalue weighted by atomic mass is 9.88. The predicted molar refractivity (Wildman–Crippen MR) is 61.8 cm³/mol. The van der Waals surface area contributed by atoms with Gasteiger partial charge in [-0.1, -0.05) is 25.8 Å². The first kappa shape index (κ1) is 10.5. The maximum absolute atomic E-state index is 9.64. The van der Waals surface area contributed by atoms with E-state index in [4.69, 9.17) is 5.73 Å². The van der Waals surface area contributed by atoms with Crippen LogP contribution in [0.2, 0.25) is 0 Å². The molecule has 1 fully saturated rings. The molecule has 0 unspecified atom stereocenters. The minimum atomic E-state index is -0.192. The van der Waals surface area contributed by atoms with Gasteiger partial charge in [0.25, 0.3) is 0 Å². The third kappa shape index (κ3) is 2.00. The molecule has 2 heteroatoms. The second-order valence-corrected chi connectivity index (χ2v) is 4.60. The molecule has 1 aromatic carbocycles. The van der Waals surface area contributed by atoms with Crippen molar-refractivity contribution in [3.05, 3.63) is 29.3 Å². The van der Waals surface area contributed by atoms with Crippen LogP contribution in [0.15, 0.2) is 18.2 Å². The zero-order valence-corrected chi connectivity index (χ0v) is 9.29. The van der Waals surface area contributed by atoms with E-state index >= 15 is 0 Å². The highest BCUT2D eigenvalue weighted by Crippen LogP contribution is 2.37. The first-order chi connectivity index (χ1) is 7.14. The van der Waals surface area contributed by atoms with E-state index in [1.165, 1.54) is 18.4 Å². The molecule has 0 radical (unpaired) electrons. The summed E-state index contributed by atoms with van der Waals surface area (Å²) in [5, 5.41) is 9.64. The zero-order chi connectivity index (χ0) is 10.9. The number of nitrogens with two attached hydrogens (primary N) is 1. The van der Waals surface area contributed by atoms with Crippen LogP contribution in [0.3, 0.4) is 0 Å². The van der Waals surface area contributed by atoms with Gasteiger partial charge in [0.15, 0.2) is 0 Å². The monoisotopic (exact) mass is 205 g/mol. The highest BCUT2D eigenvalue weighted by Gasteiger charge is 2.31. The van der Waals surface area contributed by atoms with Crippen molar-refractivity contribution in [3.63, 3.8) is 0 Å². The van der Waals surface area contributed by atoms with Crippen molar-refractivity contribution in [1.29, 1.82) is 0 Å². The maximum Gasteiger partial charge on any atom is 0.116 e. The van der Waals surface area contributed by atoms with Crippen molar-refractivity contribution in [2.75, 3.05) is 0 Å². The Bertz CT molecular complexity index is 354. The van der Waals surface area contributed by atoms with Crippen molar-refractivity contribution < 1.29 is 5.11 Å². The van der Waals surface area contributed by atoms with Crippen LogP contribution in [-0.2, 0) is 12.0 Å². The van der Waals surface area contributed by atoms with Gasteiger partial charge in [-0.25, -0.2) is 0 Å². The molecular formula is C13H19NO. The molecule has 3 N–H and O–H groups in total. The molecule has 0 aliphatic heterocycles. The van der Waals surface area contributed by atoms with E-state index in [1.807, 2.05) is 12.1 Å². The Balaban J connectivity index is 2.38. The summed E-state index contributed by atoms with van der Waals surface area (Å²) in [6.45, 7) is 2.09. The Morgan fingerprint density at radius 1 is 1.27 bits per heavy atom. The van der Waals surface area contributed by atoms with Crippen molar-refractivity contribution >= 4 is 0 Å². The Labute approximate surface area is 91.1 Å². The maximum atomic E-state index is 9.64. The summed E-state index contributed by atoms with van der Waals surface area (Å²) in [6.07, 6.45) is 5.43. The van der Waals surface area contributed by atoms with Gasteiger partial charge in [0.1, 0.15) is 5.75 Å². The minimum Gasteiger partial charge on any atom is -0.508 e. The molecule has 1 aliphatic carbocycles. The Morgan fingerprint density at radius 2 is 1.93 bits per heavy atom. The van der Waals surface area contributed by atoms with Crippen LogP contribution in [0.1, 0.15) is 43.7 Å². The lowest BCUT2D eigenvalue weighted by Gasteiger charge is -2.25. The number of hydrogen-bond donors (Lipinski definition) is 2. The largest absolute Gasteiger partial charge is 0.508 e. The molecule has 0 heterocycles. The molecule has 0 aromatic heterocycles. The van der Waals surface area contributed by atoms with E-state index < -0.39 is 0 Å². The molecule has 1 aliphatic rings. The normalized spacial score (nSPS) is 19.3. The van der Waals surface area contributed by atoms with E-state index in [0.717, 1.165) is 24.8 Å². The topological polar surface area (TPSA) is 46.2 Å². The number of rotatable bonds is 2. The summed E-state index contributed by atoms with van der Waals surface area (Å²) in [5.41, 5.74) is 8.45. The second kappa shape index (κ2) is 3.86. The van der Waals surface area contributed by atoms with Crippen LogP contribution < -0.4 is 5.73 Å². The molecule has 15 heavy (non-hydrogen) atoms. The fourth-order valence-electron chi connectivity index (χ4n) is 2.46. The molecule has 0 spiro atoms. The molecule has 2 nitrogen and oxygen atoms in total. The van der Waals surface area contributed by atoms with E-state index in [2.05, 4.69) is 13.0 Å². The smallest absolute Gasteiger partial charge is 0.116 e.